The zero-order valence-electron chi connectivity index (χ0n) is 15.1. The largest absolute Gasteiger partial charge is 0.322 e. The Labute approximate surface area is 159 Å². The van der Waals surface area contributed by atoms with Crippen LogP contribution < -0.4 is 5.32 Å². The van der Waals surface area contributed by atoms with Crippen LogP contribution in [0.25, 0.3) is 0 Å². The minimum Gasteiger partial charge on any atom is -0.322 e. The molecule has 1 aliphatic rings. The van der Waals surface area contributed by atoms with Crippen molar-refractivity contribution in [3.63, 3.8) is 0 Å². The fourth-order valence-corrected chi connectivity index (χ4v) is 4.59. The third-order valence-corrected chi connectivity index (χ3v) is 6.58. The van der Waals surface area contributed by atoms with Crippen molar-refractivity contribution in [1.29, 1.82) is 5.26 Å². The summed E-state index contributed by atoms with van der Waals surface area (Å²) in [6.07, 6.45) is 2.78. The Morgan fingerprint density at radius 3 is 2.37 bits per heavy atom. The lowest BCUT2D eigenvalue weighted by Gasteiger charge is -2.26. The van der Waals surface area contributed by atoms with E-state index in [1.165, 1.54) is 10.4 Å². The molecule has 1 N–H and O–H groups in total. The Balaban J connectivity index is 1.84. The Kier molecular flexibility index (Phi) is 5.59. The molecule has 1 fully saturated rings. The van der Waals surface area contributed by atoms with Crippen molar-refractivity contribution in [2.45, 2.75) is 31.1 Å². The Morgan fingerprint density at radius 2 is 1.74 bits per heavy atom. The first-order valence-corrected chi connectivity index (χ1v) is 10.3. The molecule has 1 aliphatic heterocycles. The molecule has 1 heterocycles. The highest BCUT2D eigenvalue weighted by molar-refractivity contribution is 7.89. The highest BCUT2D eigenvalue weighted by Crippen LogP contribution is 2.25. The summed E-state index contributed by atoms with van der Waals surface area (Å²) in [5.41, 5.74) is 2.10. The van der Waals surface area contributed by atoms with E-state index in [1.807, 2.05) is 13.0 Å². The summed E-state index contributed by atoms with van der Waals surface area (Å²) in [5, 5.41) is 11.6. The van der Waals surface area contributed by atoms with Gasteiger partial charge in [0, 0.05) is 24.3 Å². The van der Waals surface area contributed by atoms with Gasteiger partial charge in [-0.05, 0) is 61.7 Å². The number of benzene rings is 2. The second kappa shape index (κ2) is 7.91. The van der Waals surface area contributed by atoms with Crippen LogP contribution >= 0.6 is 0 Å². The van der Waals surface area contributed by atoms with Crippen LogP contribution in [0.4, 0.5) is 5.69 Å². The predicted molar refractivity (Wildman–Crippen MR) is 103 cm³/mol. The number of rotatable bonds is 4. The van der Waals surface area contributed by atoms with E-state index in [0.29, 0.717) is 29.9 Å². The number of nitrogens with one attached hydrogen (secondary N) is 1. The first-order chi connectivity index (χ1) is 12.9. The van der Waals surface area contributed by atoms with E-state index in [9.17, 15) is 13.2 Å². The molecular weight excluding hydrogens is 362 g/mol. The molecule has 0 atom stereocenters. The summed E-state index contributed by atoms with van der Waals surface area (Å²) in [4.78, 5) is 12.7. The number of nitrogens with zero attached hydrogens (tertiary/aromatic N) is 2. The van der Waals surface area contributed by atoms with Gasteiger partial charge in [-0.15, -0.1) is 0 Å². The molecule has 140 valence electrons. The summed E-state index contributed by atoms with van der Waals surface area (Å²) < 4.78 is 27.2. The maximum Gasteiger partial charge on any atom is 0.255 e. The first-order valence-electron chi connectivity index (χ1n) is 8.84. The van der Waals surface area contributed by atoms with Gasteiger partial charge < -0.3 is 5.32 Å². The number of sulfonamides is 1. The number of carbonyl (C=O) groups is 1. The van der Waals surface area contributed by atoms with Crippen molar-refractivity contribution in [2.24, 2.45) is 0 Å². The normalized spacial score (nSPS) is 15.1. The van der Waals surface area contributed by atoms with E-state index in [2.05, 4.69) is 5.32 Å². The van der Waals surface area contributed by atoms with Gasteiger partial charge in [0.2, 0.25) is 10.0 Å². The zero-order valence-corrected chi connectivity index (χ0v) is 15.9. The maximum atomic E-state index is 12.9. The highest BCUT2D eigenvalue weighted by Gasteiger charge is 2.26. The number of carbonyl (C=O) groups excluding carboxylic acids is 1. The summed E-state index contributed by atoms with van der Waals surface area (Å²) >= 11 is 0. The van der Waals surface area contributed by atoms with Crippen molar-refractivity contribution < 1.29 is 13.2 Å². The Morgan fingerprint density at radius 1 is 1.07 bits per heavy atom. The second-order valence-electron chi connectivity index (χ2n) is 6.58. The molecule has 0 saturated carbocycles. The average molecular weight is 383 g/mol. The van der Waals surface area contributed by atoms with Crippen molar-refractivity contribution in [2.75, 3.05) is 18.4 Å². The third kappa shape index (κ3) is 4.18. The smallest absolute Gasteiger partial charge is 0.255 e. The van der Waals surface area contributed by atoms with Crippen LogP contribution in [0.15, 0.2) is 47.4 Å². The summed E-state index contributed by atoms with van der Waals surface area (Å²) in [7, 11) is -3.56. The van der Waals surface area contributed by atoms with Gasteiger partial charge in [-0.1, -0.05) is 12.5 Å². The molecule has 0 aromatic heterocycles. The molecule has 7 heteroatoms. The lowest BCUT2D eigenvalue weighted by Crippen LogP contribution is -2.35. The lowest BCUT2D eigenvalue weighted by molar-refractivity contribution is 0.102. The highest BCUT2D eigenvalue weighted by atomic mass is 32.2. The van der Waals surface area contributed by atoms with E-state index in [4.69, 9.17) is 5.26 Å². The Hall–Kier alpha value is -2.69. The molecule has 2 aromatic rings. The van der Waals surface area contributed by atoms with Gasteiger partial charge >= 0.3 is 0 Å². The van der Waals surface area contributed by atoms with Crippen molar-refractivity contribution >= 4 is 21.6 Å². The van der Waals surface area contributed by atoms with E-state index >= 15 is 0 Å². The van der Waals surface area contributed by atoms with Crippen molar-refractivity contribution in [3.8, 4) is 6.07 Å². The molecule has 3 rings (SSSR count). The van der Waals surface area contributed by atoms with Crippen LogP contribution in [-0.2, 0) is 10.0 Å². The molecule has 0 aliphatic carbocycles. The third-order valence-electron chi connectivity index (χ3n) is 4.69. The molecule has 0 spiro atoms. The van der Waals surface area contributed by atoms with E-state index in [-0.39, 0.29) is 10.8 Å². The monoisotopic (exact) mass is 383 g/mol. The molecule has 0 unspecified atom stereocenters. The van der Waals surface area contributed by atoms with Gasteiger partial charge in [0.1, 0.15) is 0 Å². The molecule has 1 amide bonds. The Bertz CT molecular complexity index is 986. The van der Waals surface area contributed by atoms with Gasteiger partial charge in [-0.3, -0.25) is 4.79 Å². The number of hydrogen-bond donors (Lipinski definition) is 1. The quantitative estimate of drug-likeness (QED) is 0.877. The van der Waals surface area contributed by atoms with Gasteiger partial charge in [-0.2, -0.15) is 9.57 Å². The standard InChI is InChI=1S/C20H21N3O3S/c1-15-5-10-18(27(25,26)23-11-3-2-4-12-23)13-19(15)22-20(24)17-8-6-16(14-21)7-9-17/h5-10,13H,2-4,11-12H2,1H3,(H,22,24). The number of hydrogen-bond acceptors (Lipinski definition) is 4. The average Bonchev–Trinajstić information content (AvgIpc) is 2.70. The number of piperidine rings is 1. The van der Waals surface area contributed by atoms with Gasteiger partial charge in [-0.25, -0.2) is 8.42 Å². The number of amides is 1. The number of nitriles is 1. The number of aryl methyl sites for hydroxylation is 1. The van der Waals surface area contributed by atoms with Crippen LogP contribution in [0.3, 0.4) is 0 Å². The SMILES string of the molecule is Cc1ccc(S(=O)(=O)N2CCCCC2)cc1NC(=O)c1ccc(C#N)cc1. The summed E-state index contributed by atoms with van der Waals surface area (Å²) in [6.45, 7) is 2.87. The molecule has 0 radical (unpaired) electrons. The van der Waals surface area contributed by atoms with Crippen molar-refractivity contribution in [3.05, 3.63) is 59.2 Å². The number of anilines is 1. The summed E-state index contributed by atoms with van der Waals surface area (Å²) in [6, 6.07) is 13.1. The molecule has 0 bridgehead atoms. The van der Waals surface area contributed by atoms with Crippen LogP contribution in [0.1, 0.15) is 40.7 Å². The summed E-state index contributed by atoms with van der Waals surface area (Å²) in [5.74, 6) is -0.352. The van der Waals surface area contributed by atoms with Gasteiger partial charge in [0.25, 0.3) is 5.91 Å². The van der Waals surface area contributed by atoms with Crippen molar-refractivity contribution in [1.82, 2.24) is 4.31 Å². The van der Waals surface area contributed by atoms with Gasteiger partial charge in [0.15, 0.2) is 0 Å². The van der Waals surface area contributed by atoms with E-state index < -0.39 is 10.0 Å². The molecular formula is C20H21N3O3S. The maximum absolute atomic E-state index is 12.9. The zero-order chi connectivity index (χ0) is 19.4. The topological polar surface area (TPSA) is 90.3 Å². The van der Waals surface area contributed by atoms with Crippen LogP contribution in [-0.4, -0.2) is 31.7 Å². The molecule has 1 saturated heterocycles. The fourth-order valence-electron chi connectivity index (χ4n) is 3.04. The molecule has 2 aromatic carbocycles. The minimum atomic E-state index is -3.56. The fraction of sp³-hybridized carbons (Fsp3) is 0.300. The molecule has 6 nitrogen and oxygen atoms in total. The lowest BCUT2D eigenvalue weighted by atomic mass is 10.1. The van der Waals surface area contributed by atoms with Gasteiger partial charge in [0.05, 0.1) is 16.5 Å². The first kappa shape index (κ1) is 19.1. The second-order valence-corrected chi connectivity index (χ2v) is 8.52. The van der Waals surface area contributed by atoms with Crippen LogP contribution in [0.2, 0.25) is 0 Å². The van der Waals surface area contributed by atoms with E-state index in [0.717, 1.165) is 24.8 Å². The molecule has 27 heavy (non-hydrogen) atoms. The predicted octanol–water partition coefficient (Wildman–Crippen LogP) is 3.29. The van der Waals surface area contributed by atoms with E-state index in [1.54, 1.807) is 36.4 Å². The minimum absolute atomic E-state index is 0.185. The van der Waals surface area contributed by atoms with Crippen LogP contribution in [0.5, 0.6) is 0 Å². The van der Waals surface area contributed by atoms with Crippen LogP contribution in [0, 0.1) is 18.3 Å².